The van der Waals surface area contributed by atoms with Crippen LogP contribution in [0.25, 0.3) is 0 Å². The summed E-state index contributed by atoms with van der Waals surface area (Å²) in [5.74, 6) is 0.245. The Bertz CT molecular complexity index is 811. The van der Waals surface area contributed by atoms with E-state index in [2.05, 4.69) is 5.32 Å². The molecule has 1 amide bonds. The molecule has 0 spiro atoms. The van der Waals surface area contributed by atoms with E-state index >= 15 is 0 Å². The fraction of sp³-hybridized carbons (Fsp3) is 0.312. The molecule has 0 saturated carbocycles. The van der Waals surface area contributed by atoms with E-state index in [1.807, 2.05) is 6.07 Å². The summed E-state index contributed by atoms with van der Waals surface area (Å²) in [5.41, 5.74) is 1.17. The molecule has 2 rings (SSSR count). The summed E-state index contributed by atoms with van der Waals surface area (Å²) >= 11 is 1.03. The van der Waals surface area contributed by atoms with Gasteiger partial charge in [0.05, 0.1) is 17.7 Å². The van der Waals surface area contributed by atoms with E-state index in [0.29, 0.717) is 32.5 Å². The monoisotopic (exact) mass is 332 g/mol. The van der Waals surface area contributed by atoms with Gasteiger partial charge in [0.15, 0.2) is 0 Å². The van der Waals surface area contributed by atoms with Crippen molar-refractivity contribution in [2.75, 3.05) is 11.9 Å². The number of carbonyl (C=O) groups is 2. The van der Waals surface area contributed by atoms with Crippen molar-refractivity contribution in [2.45, 2.75) is 27.7 Å². The Kier molecular flexibility index (Phi) is 4.86. The molecule has 0 aliphatic heterocycles. The molecular formula is C16H16N2O4S. The highest BCUT2D eigenvalue weighted by Gasteiger charge is 2.23. The van der Waals surface area contributed by atoms with E-state index in [4.69, 9.17) is 9.15 Å². The summed E-state index contributed by atoms with van der Waals surface area (Å²) in [7, 11) is 0. The molecule has 0 fully saturated rings. The Morgan fingerprint density at radius 1 is 1.39 bits per heavy atom. The zero-order chi connectivity index (χ0) is 17.1. The minimum atomic E-state index is -0.498. The van der Waals surface area contributed by atoms with Crippen LogP contribution < -0.4 is 5.32 Å². The van der Waals surface area contributed by atoms with Gasteiger partial charge in [-0.05, 0) is 39.3 Å². The van der Waals surface area contributed by atoms with Crippen LogP contribution in [0.3, 0.4) is 0 Å². The summed E-state index contributed by atoms with van der Waals surface area (Å²) < 4.78 is 10.3. The lowest BCUT2D eigenvalue weighted by Gasteiger charge is -2.01. The Labute approximate surface area is 137 Å². The number of amides is 1. The number of nitrogens with zero attached hydrogens (tertiary/aromatic N) is 1. The average molecular weight is 332 g/mol. The van der Waals surface area contributed by atoms with Gasteiger partial charge in [-0.25, -0.2) is 4.79 Å². The lowest BCUT2D eigenvalue weighted by Crippen LogP contribution is -2.11. The number of ether oxygens (including phenoxy) is 1. The van der Waals surface area contributed by atoms with E-state index in [-0.39, 0.29) is 18.1 Å². The van der Waals surface area contributed by atoms with Gasteiger partial charge in [0.1, 0.15) is 27.5 Å². The molecule has 6 nitrogen and oxygen atoms in total. The molecule has 0 bridgehead atoms. The van der Waals surface area contributed by atoms with Crippen molar-refractivity contribution >= 4 is 28.2 Å². The predicted molar refractivity (Wildman–Crippen MR) is 85.9 cm³/mol. The van der Waals surface area contributed by atoms with Gasteiger partial charge >= 0.3 is 5.97 Å². The van der Waals surface area contributed by atoms with Crippen LogP contribution in [-0.4, -0.2) is 18.5 Å². The number of nitrogens with one attached hydrogen (secondary N) is 1. The normalized spacial score (nSPS) is 10.2. The van der Waals surface area contributed by atoms with Crippen LogP contribution >= 0.6 is 11.3 Å². The number of nitriles is 1. The highest BCUT2D eigenvalue weighted by Crippen LogP contribution is 2.33. The van der Waals surface area contributed by atoms with E-state index in [1.54, 1.807) is 33.8 Å². The van der Waals surface area contributed by atoms with Crippen molar-refractivity contribution in [1.82, 2.24) is 0 Å². The van der Waals surface area contributed by atoms with Crippen LogP contribution in [0.1, 0.15) is 49.6 Å². The number of hydrogen-bond donors (Lipinski definition) is 1. The van der Waals surface area contributed by atoms with Crippen LogP contribution in [0.5, 0.6) is 0 Å². The summed E-state index contributed by atoms with van der Waals surface area (Å²) in [5, 5.41) is 12.3. The number of hydrogen-bond acceptors (Lipinski definition) is 6. The summed E-state index contributed by atoms with van der Waals surface area (Å²) in [6.45, 7) is 7.05. The number of rotatable bonds is 4. The van der Waals surface area contributed by atoms with Gasteiger partial charge in [-0.1, -0.05) is 0 Å². The van der Waals surface area contributed by atoms with Gasteiger partial charge in [-0.3, -0.25) is 4.79 Å². The van der Waals surface area contributed by atoms with Gasteiger partial charge in [0, 0.05) is 0 Å². The molecule has 0 atom stereocenters. The lowest BCUT2D eigenvalue weighted by atomic mass is 10.1. The molecule has 23 heavy (non-hydrogen) atoms. The van der Waals surface area contributed by atoms with Crippen molar-refractivity contribution in [3.05, 3.63) is 39.2 Å². The van der Waals surface area contributed by atoms with Crippen LogP contribution in [0.15, 0.2) is 10.5 Å². The maximum atomic E-state index is 12.3. The van der Waals surface area contributed by atoms with Crippen LogP contribution in [-0.2, 0) is 4.74 Å². The van der Waals surface area contributed by atoms with Crippen LogP contribution in [0.2, 0.25) is 0 Å². The first-order valence-corrected chi connectivity index (χ1v) is 7.79. The minimum absolute atomic E-state index is 0.243. The van der Waals surface area contributed by atoms with Gasteiger partial charge in [0.25, 0.3) is 5.91 Å². The third-order valence-corrected chi connectivity index (χ3v) is 4.42. The SMILES string of the molecule is CCOC(=O)c1sc(NC(=O)c2cc(C)oc2C)c(C#N)c1C. The molecule has 2 aromatic rings. The predicted octanol–water partition coefficient (Wildman–Crippen LogP) is 3.57. The highest BCUT2D eigenvalue weighted by molar-refractivity contribution is 7.18. The third-order valence-electron chi connectivity index (χ3n) is 3.23. The molecule has 2 aromatic heterocycles. The Morgan fingerprint density at radius 2 is 2.09 bits per heavy atom. The van der Waals surface area contributed by atoms with Gasteiger partial charge in [-0.2, -0.15) is 5.26 Å². The van der Waals surface area contributed by atoms with Crippen molar-refractivity contribution < 1.29 is 18.7 Å². The van der Waals surface area contributed by atoms with Gasteiger partial charge in [-0.15, -0.1) is 11.3 Å². The van der Waals surface area contributed by atoms with Crippen molar-refractivity contribution in [3.8, 4) is 6.07 Å². The average Bonchev–Trinajstić information content (AvgIpc) is 2.98. The first kappa shape index (κ1) is 16.8. The second kappa shape index (κ2) is 6.67. The van der Waals surface area contributed by atoms with E-state index < -0.39 is 5.97 Å². The molecule has 0 saturated heterocycles. The van der Waals surface area contributed by atoms with Crippen LogP contribution in [0, 0.1) is 32.1 Å². The third kappa shape index (κ3) is 3.27. The number of thiophene rings is 1. The minimum Gasteiger partial charge on any atom is -0.466 e. The topological polar surface area (TPSA) is 92.3 Å². The molecule has 0 aromatic carbocycles. The summed E-state index contributed by atoms with van der Waals surface area (Å²) in [4.78, 5) is 24.6. The highest BCUT2D eigenvalue weighted by atomic mass is 32.1. The van der Waals surface area contributed by atoms with Gasteiger partial charge in [0.2, 0.25) is 0 Å². The second-order valence-electron chi connectivity index (χ2n) is 4.87. The zero-order valence-corrected chi connectivity index (χ0v) is 14.1. The molecular weight excluding hydrogens is 316 g/mol. The van der Waals surface area contributed by atoms with Crippen LogP contribution in [0.4, 0.5) is 5.00 Å². The Hall–Kier alpha value is -2.59. The van der Waals surface area contributed by atoms with E-state index in [1.165, 1.54) is 0 Å². The number of aryl methyl sites for hydroxylation is 2. The van der Waals surface area contributed by atoms with Gasteiger partial charge < -0.3 is 14.5 Å². The molecule has 0 radical (unpaired) electrons. The summed E-state index contributed by atoms with van der Waals surface area (Å²) in [6.07, 6.45) is 0. The molecule has 0 aliphatic carbocycles. The lowest BCUT2D eigenvalue weighted by molar-refractivity contribution is 0.0531. The number of esters is 1. The van der Waals surface area contributed by atoms with Crippen molar-refractivity contribution in [1.29, 1.82) is 5.26 Å². The van der Waals surface area contributed by atoms with E-state index in [9.17, 15) is 14.9 Å². The standard InChI is InChI=1S/C16H16N2O4S/c1-5-21-16(20)13-9(3)12(7-17)15(23-13)18-14(19)11-6-8(2)22-10(11)4/h6H,5H2,1-4H3,(H,18,19). The summed E-state index contributed by atoms with van der Waals surface area (Å²) in [6, 6.07) is 3.65. The van der Waals surface area contributed by atoms with E-state index in [0.717, 1.165) is 11.3 Å². The number of anilines is 1. The Morgan fingerprint density at radius 3 is 2.61 bits per heavy atom. The van der Waals surface area contributed by atoms with Crippen molar-refractivity contribution in [2.24, 2.45) is 0 Å². The number of carbonyl (C=O) groups excluding carboxylic acids is 2. The first-order chi connectivity index (χ1) is 10.9. The maximum Gasteiger partial charge on any atom is 0.348 e. The number of furan rings is 1. The fourth-order valence-electron chi connectivity index (χ4n) is 2.15. The quantitative estimate of drug-likeness (QED) is 0.864. The first-order valence-electron chi connectivity index (χ1n) is 6.98. The van der Waals surface area contributed by atoms with Crippen molar-refractivity contribution in [3.63, 3.8) is 0 Å². The zero-order valence-electron chi connectivity index (χ0n) is 13.3. The maximum absolute atomic E-state index is 12.3. The molecule has 0 aliphatic rings. The molecule has 7 heteroatoms. The molecule has 120 valence electrons. The smallest absolute Gasteiger partial charge is 0.348 e. The fourth-order valence-corrected chi connectivity index (χ4v) is 3.20. The largest absolute Gasteiger partial charge is 0.466 e. The molecule has 2 heterocycles. The molecule has 1 N–H and O–H groups in total. The second-order valence-corrected chi connectivity index (χ2v) is 5.89. The molecule has 0 unspecified atom stereocenters. The Balaban J connectivity index is 2.35.